The first-order valence-electron chi connectivity index (χ1n) is 5.60. The molecule has 0 aliphatic carbocycles. The molecule has 3 rings (SSSR count). The third-order valence-corrected chi connectivity index (χ3v) is 3.93. The number of amides is 1. The molecule has 2 N–H and O–H groups in total. The molecule has 2 aromatic rings. The fraction of sp³-hybridized carbons (Fsp3) is 0.273. The minimum Gasteiger partial charge on any atom is -0.342 e. The standard InChI is InChI=1S/C11H11N5OS/c17-11(10-13-15-16-14-10)12-8-5-6-18-9-4-2-1-3-7(8)9/h1-4,8H,5-6H2,(H,12,17)(H,13,14,15,16). The molecule has 18 heavy (non-hydrogen) atoms. The Hall–Kier alpha value is -1.89. The Morgan fingerprint density at radius 3 is 3.17 bits per heavy atom. The van der Waals surface area contributed by atoms with Gasteiger partial charge in [0.2, 0.25) is 0 Å². The van der Waals surface area contributed by atoms with Crippen LogP contribution in [0, 0.1) is 0 Å². The van der Waals surface area contributed by atoms with Crippen LogP contribution in [-0.2, 0) is 0 Å². The molecule has 1 aliphatic heterocycles. The van der Waals surface area contributed by atoms with E-state index >= 15 is 0 Å². The highest BCUT2D eigenvalue weighted by atomic mass is 32.2. The van der Waals surface area contributed by atoms with Crippen molar-refractivity contribution in [2.45, 2.75) is 17.4 Å². The summed E-state index contributed by atoms with van der Waals surface area (Å²) in [5.41, 5.74) is 1.16. The molecule has 1 aromatic carbocycles. The minimum atomic E-state index is -0.296. The largest absolute Gasteiger partial charge is 0.342 e. The number of hydrogen-bond acceptors (Lipinski definition) is 5. The van der Waals surface area contributed by atoms with Gasteiger partial charge in [0.25, 0.3) is 11.7 Å². The lowest BCUT2D eigenvalue weighted by molar-refractivity contribution is 0.0924. The second-order valence-electron chi connectivity index (χ2n) is 3.94. The SMILES string of the molecule is O=C(NC1CCSc2ccccc21)c1nn[nH]n1. The van der Waals surface area contributed by atoms with Crippen molar-refractivity contribution < 1.29 is 4.79 Å². The van der Waals surface area contributed by atoms with Crippen LogP contribution in [0.2, 0.25) is 0 Å². The molecule has 0 fully saturated rings. The quantitative estimate of drug-likeness (QED) is 0.847. The first-order chi connectivity index (χ1) is 8.84. The van der Waals surface area contributed by atoms with Crippen LogP contribution >= 0.6 is 11.8 Å². The number of H-pyrrole nitrogens is 1. The lowest BCUT2D eigenvalue weighted by Crippen LogP contribution is -2.31. The maximum Gasteiger partial charge on any atom is 0.293 e. The summed E-state index contributed by atoms with van der Waals surface area (Å²) in [5, 5.41) is 15.9. The highest BCUT2D eigenvalue weighted by molar-refractivity contribution is 7.99. The molecule has 0 saturated carbocycles. The van der Waals surface area contributed by atoms with Crippen LogP contribution in [0.4, 0.5) is 0 Å². The van der Waals surface area contributed by atoms with Crippen molar-refractivity contribution in [3.8, 4) is 0 Å². The van der Waals surface area contributed by atoms with Gasteiger partial charge < -0.3 is 5.32 Å². The zero-order valence-corrected chi connectivity index (χ0v) is 10.3. The van der Waals surface area contributed by atoms with Gasteiger partial charge in [-0.2, -0.15) is 5.21 Å². The summed E-state index contributed by atoms with van der Waals surface area (Å²) in [6.45, 7) is 0. The van der Waals surface area contributed by atoms with Crippen LogP contribution in [0.5, 0.6) is 0 Å². The molecule has 6 nitrogen and oxygen atoms in total. The Morgan fingerprint density at radius 1 is 1.44 bits per heavy atom. The molecule has 0 spiro atoms. The van der Waals surface area contributed by atoms with Gasteiger partial charge in [-0.3, -0.25) is 4.79 Å². The van der Waals surface area contributed by atoms with Gasteiger partial charge in [0, 0.05) is 10.6 Å². The van der Waals surface area contributed by atoms with Crippen molar-refractivity contribution in [2.24, 2.45) is 0 Å². The van der Waals surface area contributed by atoms with E-state index in [2.05, 4.69) is 32.0 Å². The lowest BCUT2D eigenvalue weighted by Gasteiger charge is -2.25. The Balaban J connectivity index is 1.80. The Labute approximate surface area is 108 Å². The number of carbonyl (C=O) groups excluding carboxylic acids is 1. The number of aromatic nitrogens is 4. The summed E-state index contributed by atoms with van der Waals surface area (Å²) in [6.07, 6.45) is 0.908. The van der Waals surface area contributed by atoms with Crippen LogP contribution in [0.1, 0.15) is 28.6 Å². The van der Waals surface area contributed by atoms with Gasteiger partial charge in [0.05, 0.1) is 6.04 Å². The van der Waals surface area contributed by atoms with Crippen LogP contribution in [0.15, 0.2) is 29.2 Å². The second-order valence-corrected chi connectivity index (χ2v) is 5.07. The van der Waals surface area contributed by atoms with E-state index in [1.54, 1.807) is 0 Å². The summed E-state index contributed by atoms with van der Waals surface area (Å²) >= 11 is 1.82. The van der Waals surface area contributed by atoms with Crippen molar-refractivity contribution >= 4 is 17.7 Å². The molecule has 1 amide bonds. The number of rotatable bonds is 2. The molecule has 92 valence electrons. The molecule has 0 radical (unpaired) electrons. The number of nitrogens with zero attached hydrogens (tertiary/aromatic N) is 3. The molecule has 1 unspecified atom stereocenters. The molecule has 0 bridgehead atoms. The number of benzene rings is 1. The number of hydrogen-bond donors (Lipinski definition) is 2. The highest BCUT2D eigenvalue weighted by Gasteiger charge is 2.23. The van der Waals surface area contributed by atoms with Crippen molar-refractivity contribution in [1.82, 2.24) is 25.9 Å². The number of aromatic amines is 1. The highest BCUT2D eigenvalue weighted by Crippen LogP contribution is 2.35. The Bertz CT molecular complexity index is 556. The van der Waals surface area contributed by atoms with E-state index in [0.717, 1.165) is 17.7 Å². The van der Waals surface area contributed by atoms with Gasteiger partial charge >= 0.3 is 0 Å². The average Bonchev–Trinajstić information content (AvgIpc) is 2.93. The zero-order chi connectivity index (χ0) is 12.4. The van der Waals surface area contributed by atoms with Crippen molar-refractivity contribution in [3.63, 3.8) is 0 Å². The predicted molar refractivity (Wildman–Crippen MR) is 66.2 cm³/mol. The molecule has 0 saturated heterocycles. The molecule has 7 heteroatoms. The summed E-state index contributed by atoms with van der Waals surface area (Å²) in [4.78, 5) is 13.1. The van der Waals surface area contributed by atoms with Gasteiger partial charge in [0.15, 0.2) is 0 Å². The maximum absolute atomic E-state index is 11.9. The number of thioether (sulfide) groups is 1. The summed E-state index contributed by atoms with van der Waals surface area (Å²) in [6, 6.07) is 8.14. The topological polar surface area (TPSA) is 83.6 Å². The fourth-order valence-corrected chi connectivity index (χ4v) is 3.10. The van der Waals surface area contributed by atoms with Gasteiger partial charge in [-0.15, -0.1) is 22.0 Å². The normalized spacial score (nSPS) is 18.1. The number of tetrazole rings is 1. The number of fused-ring (bicyclic) bond motifs is 1. The van der Waals surface area contributed by atoms with Crippen LogP contribution in [0.25, 0.3) is 0 Å². The van der Waals surface area contributed by atoms with Crippen molar-refractivity contribution in [2.75, 3.05) is 5.75 Å². The molecule has 1 aliphatic rings. The van der Waals surface area contributed by atoms with Crippen molar-refractivity contribution in [1.29, 1.82) is 0 Å². The molecule has 1 atom stereocenters. The Kier molecular flexibility index (Phi) is 2.97. The summed E-state index contributed by atoms with van der Waals surface area (Å²) < 4.78 is 0. The maximum atomic E-state index is 11.9. The van der Waals surface area contributed by atoms with E-state index < -0.39 is 0 Å². The van der Waals surface area contributed by atoms with Crippen molar-refractivity contribution in [3.05, 3.63) is 35.7 Å². The predicted octanol–water partition coefficient (Wildman–Crippen LogP) is 1.17. The third-order valence-electron chi connectivity index (χ3n) is 2.81. The zero-order valence-electron chi connectivity index (χ0n) is 9.46. The number of carbonyl (C=O) groups is 1. The molecule has 1 aromatic heterocycles. The van der Waals surface area contributed by atoms with Gasteiger partial charge in [-0.1, -0.05) is 18.2 Å². The minimum absolute atomic E-state index is 0.0217. The van der Waals surface area contributed by atoms with E-state index in [4.69, 9.17) is 0 Å². The lowest BCUT2D eigenvalue weighted by atomic mass is 10.0. The first-order valence-corrected chi connectivity index (χ1v) is 6.59. The second kappa shape index (κ2) is 4.77. The summed E-state index contributed by atoms with van der Waals surface area (Å²) in [5.74, 6) is 0.773. The molecular weight excluding hydrogens is 250 g/mol. The van der Waals surface area contributed by atoms with Gasteiger partial charge in [0.1, 0.15) is 0 Å². The van der Waals surface area contributed by atoms with Gasteiger partial charge in [-0.05, 0) is 23.3 Å². The smallest absolute Gasteiger partial charge is 0.293 e. The van der Waals surface area contributed by atoms with E-state index in [1.165, 1.54) is 4.90 Å². The Morgan fingerprint density at radius 2 is 2.33 bits per heavy atom. The third kappa shape index (κ3) is 2.08. The monoisotopic (exact) mass is 261 g/mol. The van der Waals surface area contributed by atoms with Crippen LogP contribution in [-0.4, -0.2) is 32.3 Å². The van der Waals surface area contributed by atoms with Gasteiger partial charge in [-0.25, -0.2) is 0 Å². The van der Waals surface area contributed by atoms with E-state index in [-0.39, 0.29) is 17.8 Å². The average molecular weight is 261 g/mol. The van der Waals surface area contributed by atoms with Crippen LogP contribution < -0.4 is 5.32 Å². The fourth-order valence-electron chi connectivity index (χ4n) is 1.97. The number of nitrogens with one attached hydrogen (secondary N) is 2. The van der Waals surface area contributed by atoms with Crippen LogP contribution in [0.3, 0.4) is 0 Å². The summed E-state index contributed by atoms with van der Waals surface area (Å²) in [7, 11) is 0. The van der Waals surface area contributed by atoms with E-state index in [0.29, 0.717) is 0 Å². The molecule has 2 heterocycles. The first kappa shape index (κ1) is 11.2. The van der Waals surface area contributed by atoms with E-state index in [1.807, 2.05) is 30.0 Å². The molecular formula is C11H11N5OS. The van der Waals surface area contributed by atoms with E-state index in [9.17, 15) is 4.79 Å².